The number of aromatic nitrogens is 3. The van der Waals surface area contributed by atoms with Gasteiger partial charge in [0.05, 0.1) is 0 Å². The molecule has 0 aliphatic carbocycles. The van der Waals surface area contributed by atoms with E-state index >= 15 is 0 Å². The van der Waals surface area contributed by atoms with Gasteiger partial charge in [0.1, 0.15) is 4.60 Å². The number of hydrogen-bond acceptors (Lipinski definition) is 4. The van der Waals surface area contributed by atoms with Gasteiger partial charge in [-0.2, -0.15) is 0 Å². The molecule has 2 aromatic rings. The standard InChI is InChI=1S/C11H15BrN4O/c1-8(3-6-17-2)14-10-11-13-4-5-16(11)7-9(12)15-10/h4-5,7-8H,3,6H2,1-2H3,(H,14,15). The molecule has 0 radical (unpaired) electrons. The summed E-state index contributed by atoms with van der Waals surface area (Å²) in [6, 6.07) is 0.289. The van der Waals surface area contributed by atoms with Gasteiger partial charge in [-0.1, -0.05) is 0 Å². The van der Waals surface area contributed by atoms with Gasteiger partial charge in [-0.3, -0.25) is 0 Å². The molecule has 92 valence electrons. The van der Waals surface area contributed by atoms with Crippen LogP contribution in [0.3, 0.4) is 0 Å². The predicted molar refractivity (Wildman–Crippen MR) is 70.3 cm³/mol. The normalized spacial score (nSPS) is 12.9. The molecule has 5 nitrogen and oxygen atoms in total. The van der Waals surface area contributed by atoms with E-state index in [4.69, 9.17) is 4.74 Å². The van der Waals surface area contributed by atoms with Crippen LogP contribution in [0.25, 0.3) is 5.65 Å². The van der Waals surface area contributed by atoms with Crippen LogP contribution in [0.15, 0.2) is 23.2 Å². The lowest BCUT2D eigenvalue weighted by molar-refractivity contribution is 0.191. The van der Waals surface area contributed by atoms with E-state index in [0.29, 0.717) is 0 Å². The molecule has 2 aromatic heterocycles. The molecule has 0 aromatic carbocycles. The van der Waals surface area contributed by atoms with Gasteiger partial charge < -0.3 is 14.5 Å². The van der Waals surface area contributed by atoms with Crippen molar-refractivity contribution in [3.8, 4) is 0 Å². The summed E-state index contributed by atoms with van der Waals surface area (Å²) < 4.78 is 7.77. The second-order valence-corrected chi connectivity index (χ2v) is 4.71. The number of anilines is 1. The summed E-state index contributed by atoms with van der Waals surface area (Å²) in [5, 5.41) is 3.34. The largest absolute Gasteiger partial charge is 0.385 e. The Morgan fingerprint density at radius 1 is 1.59 bits per heavy atom. The van der Waals surface area contributed by atoms with E-state index < -0.39 is 0 Å². The van der Waals surface area contributed by atoms with E-state index in [1.165, 1.54) is 0 Å². The maximum atomic E-state index is 5.06. The molecule has 6 heteroatoms. The molecular weight excluding hydrogens is 284 g/mol. The minimum atomic E-state index is 0.289. The minimum Gasteiger partial charge on any atom is -0.385 e. The number of ether oxygens (including phenoxy) is 1. The van der Waals surface area contributed by atoms with Crippen LogP contribution < -0.4 is 5.32 Å². The van der Waals surface area contributed by atoms with Gasteiger partial charge in [0, 0.05) is 38.3 Å². The van der Waals surface area contributed by atoms with E-state index in [0.717, 1.165) is 29.1 Å². The van der Waals surface area contributed by atoms with Gasteiger partial charge in [-0.15, -0.1) is 0 Å². The van der Waals surface area contributed by atoms with Gasteiger partial charge >= 0.3 is 0 Å². The van der Waals surface area contributed by atoms with E-state index in [2.05, 4.69) is 38.1 Å². The molecule has 0 saturated carbocycles. The number of nitrogens with zero attached hydrogens (tertiary/aromatic N) is 3. The number of nitrogens with one attached hydrogen (secondary N) is 1. The van der Waals surface area contributed by atoms with Crippen molar-refractivity contribution in [2.24, 2.45) is 0 Å². The van der Waals surface area contributed by atoms with Crippen LogP contribution in [0.4, 0.5) is 5.82 Å². The highest BCUT2D eigenvalue weighted by atomic mass is 79.9. The number of rotatable bonds is 5. The predicted octanol–water partition coefficient (Wildman–Crippen LogP) is 2.33. The van der Waals surface area contributed by atoms with Crippen molar-refractivity contribution in [2.45, 2.75) is 19.4 Å². The SMILES string of the molecule is COCCC(C)Nc1nc(Br)cn2ccnc12. The van der Waals surface area contributed by atoms with Crippen molar-refractivity contribution < 1.29 is 4.74 Å². The Labute approximate surface area is 108 Å². The van der Waals surface area contributed by atoms with E-state index in [1.807, 2.05) is 16.8 Å². The monoisotopic (exact) mass is 298 g/mol. The van der Waals surface area contributed by atoms with Gasteiger partial charge in [0.2, 0.25) is 0 Å². The Hall–Kier alpha value is -1.14. The van der Waals surface area contributed by atoms with Crippen molar-refractivity contribution in [2.75, 3.05) is 19.0 Å². The zero-order chi connectivity index (χ0) is 12.3. The van der Waals surface area contributed by atoms with E-state index in [1.54, 1.807) is 13.3 Å². The summed E-state index contributed by atoms with van der Waals surface area (Å²) >= 11 is 3.39. The lowest BCUT2D eigenvalue weighted by Crippen LogP contribution is -2.18. The maximum absolute atomic E-state index is 5.06. The summed E-state index contributed by atoms with van der Waals surface area (Å²) in [7, 11) is 1.71. The number of imidazole rings is 1. The highest BCUT2D eigenvalue weighted by Gasteiger charge is 2.09. The first-order valence-corrected chi connectivity index (χ1v) is 6.24. The van der Waals surface area contributed by atoms with Crippen LogP contribution in [-0.4, -0.2) is 34.1 Å². The van der Waals surface area contributed by atoms with Crippen LogP contribution >= 0.6 is 15.9 Å². The molecule has 2 heterocycles. The van der Waals surface area contributed by atoms with Crippen molar-refractivity contribution in [1.29, 1.82) is 0 Å². The minimum absolute atomic E-state index is 0.289. The van der Waals surface area contributed by atoms with Crippen molar-refractivity contribution in [3.63, 3.8) is 0 Å². The van der Waals surface area contributed by atoms with Crippen LogP contribution in [0, 0.1) is 0 Å². The van der Waals surface area contributed by atoms with Crippen LogP contribution in [0.2, 0.25) is 0 Å². The Morgan fingerprint density at radius 3 is 3.18 bits per heavy atom. The molecule has 0 saturated heterocycles. The van der Waals surface area contributed by atoms with Gasteiger partial charge in [-0.25, -0.2) is 9.97 Å². The van der Waals surface area contributed by atoms with Crippen molar-refractivity contribution in [1.82, 2.24) is 14.4 Å². The van der Waals surface area contributed by atoms with Gasteiger partial charge in [0.25, 0.3) is 0 Å². The summed E-state index contributed by atoms with van der Waals surface area (Å²) in [6.07, 6.45) is 6.46. The molecule has 1 atom stereocenters. The molecular formula is C11H15BrN4O. The van der Waals surface area contributed by atoms with Crippen molar-refractivity contribution in [3.05, 3.63) is 23.2 Å². The molecule has 0 aliphatic heterocycles. The van der Waals surface area contributed by atoms with Gasteiger partial charge in [0.15, 0.2) is 11.5 Å². The lowest BCUT2D eigenvalue weighted by atomic mass is 10.2. The molecule has 0 amide bonds. The molecule has 0 aliphatic rings. The fourth-order valence-corrected chi connectivity index (χ4v) is 2.00. The third kappa shape index (κ3) is 2.95. The number of hydrogen-bond donors (Lipinski definition) is 1. The smallest absolute Gasteiger partial charge is 0.180 e. The van der Waals surface area contributed by atoms with Crippen LogP contribution in [0.1, 0.15) is 13.3 Å². The van der Waals surface area contributed by atoms with Crippen LogP contribution in [-0.2, 0) is 4.74 Å². The summed E-state index contributed by atoms with van der Waals surface area (Å²) in [5.74, 6) is 0.785. The fraction of sp³-hybridized carbons (Fsp3) is 0.455. The fourth-order valence-electron chi connectivity index (χ4n) is 1.60. The Balaban J connectivity index is 2.19. The Bertz CT molecular complexity index is 499. The highest BCUT2D eigenvalue weighted by Crippen LogP contribution is 2.18. The summed E-state index contributed by atoms with van der Waals surface area (Å²) in [5.41, 5.74) is 0.831. The first-order valence-electron chi connectivity index (χ1n) is 5.45. The molecule has 0 fully saturated rings. The quantitative estimate of drug-likeness (QED) is 0.920. The zero-order valence-corrected chi connectivity index (χ0v) is 11.4. The average Bonchev–Trinajstić information content (AvgIpc) is 2.74. The third-order valence-corrected chi connectivity index (χ3v) is 2.86. The molecule has 0 bridgehead atoms. The van der Waals surface area contributed by atoms with Crippen LogP contribution in [0.5, 0.6) is 0 Å². The summed E-state index contributed by atoms with van der Waals surface area (Å²) in [6.45, 7) is 2.83. The van der Waals surface area contributed by atoms with Crippen molar-refractivity contribution >= 4 is 27.4 Å². The second-order valence-electron chi connectivity index (χ2n) is 3.90. The third-order valence-electron chi connectivity index (χ3n) is 2.48. The molecule has 2 rings (SSSR count). The maximum Gasteiger partial charge on any atom is 0.180 e. The lowest BCUT2D eigenvalue weighted by Gasteiger charge is -2.14. The van der Waals surface area contributed by atoms with E-state index in [9.17, 15) is 0 Å². The molecule has 1 N–H and O–H groups in total. The number of halogens is 1. The molecule has 0 spiro atoms. The first kappa shape index (κ1) is 12.3. The summed E-state index contributed by atoms with van der Waals surface area (Å²) in [4.78, 5) is 8.68. The highest BCUT2D eigenvalue weighted by molar-refractivity contribution is 9.10. The zero-order valence-electron chi connectivity index (χ0n) is 9.85. The number of fused-ring (bicyclic) bond motifs is 1. The van der Waals surface area contributed by atoms with E-state index in [-0.39, 0.29) is 6.04 Å². The average molecular weight is 299 g/mol. The number of methoxy groups -OCH3 is 1. The van der Waals surface area contributed by atoms with Gasteiger partial charge in [-0.05, 0) is 29.3 Å². The first-order chi connectivity index (χ1) is 8.20. The molecule has 17 heavy (non-hydrogen) atoms. The Kier molecular flexibility index (Phi) is 3.96. The molecule has 1 unspecified atom stereocenters. The topological polar surface area (TPSA) is 51.5 Å². The second kappa shape index (κ2) is 5.46. The Morgan fingerprint density at radius 2 is 2.41 bits per heavy atom.